The summed E-state index contributed by atoms with van der Waals surface area (Å²) in [7, 11) is 0. The van der Waals surface area contributed by atoms with E-state index in [4.69, 9.17) is 75.8 Å². The third-order valence-electron chi connectivity index (χ3n) is 19.9. The third-order valence-corrected chi connectivity index (χ3v) is 19.9. The molecule has 0 aliphatic heterocycles. The van der Waals surface area contributed by atoms with Crippen molar-refractivity contribution in [3.8, 4) is 11.5 Å². The third kappa shape index (κ3) is 38.4. The number of benzene rings is 12. The topological polar surface area (TPSA) is 387 Å². The average molecular weight is 1930 g/mol. The Morgan fingerprint density at radius 1 is 0.190 bits per heavy atom. The first-order valence-electron chi connectivity index (χ1n) is 45.4. The minimum Gasteiger partial charge on any atom is -0.462 e. The lowest BCUT2D eigenvalue weighted by Gasteiger charge is -2.11. The summed E-state index contributed by atoms with van der Waals surface area (Å²) in [5.41, 5.74) is 7.46. The molecule has 0 radical (unpaired) electrons. The predicted octanol–water partition coefficient (Wildman–Crippen LogP) is 18.1. The summed E-state index contributed by atoms with van der Waals surface area (Å²) < 4.78 is 83.8. The van der Waals surface area contributed by atoms with Crippen LogP contribution < -0.4 is 9.47 Å². The van der Waals surface area contributed by atoms with Crippen LogP contribution in [-0.2, 0) is 89.1 Å². The van der Waals surface area contributed by atoms with E-state index in [0.717, 1.165) is 35.1 Å². The molecule has 0 atom stereocenters. The number of rotatable bonds is 48. The molecule has 12 aromatic rings. The second kappa shape index (κ2) is 61.6. The molecule has 142 heavy (non-hydrogen) atoms. The van der Waals surface area contributed by atoms with Crippen molar-refractivity contribution in [1.29, 1.82) is 0 Å². The Morgan fingerprint density at radius 2 is 0.408 bits per heavy atom. The highest BCUT2D eigenvalue weighted by molar-refractivity contribution is 6.15. The van der Waals surface area contributed by atoms with Crippen LogP contribution in [0.2, 0.25) is 0 Å². The molecule has 0 aliphatic carbocycles. The summed E-state index contributed by atoms with van der Waals surface area (Å²) in [6.45, 7) is 8.54. The Labute approximate surface area is 821 Å². The summed E-state index contributed by atoms with van der Waals surface area (Å²) in [6.07, 6.45) is 2.84. The highest BCUT2D eigenvalue weighted by Gasteiger charge is 2.26. The maximum atomic E-state index is 12.8. The lowest BCUT2D eigenvalue weighted by atomic mass is 9.98. The molecule has 736 valence electrons. The van der Waals surface area contributed by atoms with Gasteiger partial charge in [0.25, 0.3) is 0 Å². The van der Waals surface area contributed by atoms with Crippen LogP contribution in [0.1, 0.15) is 197 Å². The van der Waals surface area contributed by atoms with E-state index in [-0.39, 0.29) is 172 Å². The molecule has 0 aromatic heterocycles. The second-order valence-electron chi connectivity index (χ2n) is 30.6. The molecule has 0 bridgehead atoms. The van der Waals surface area contributed by atoms with Crippen molar-refractivity contribution in [1.82, 2.24) is 0 Å². The Hall–Kier alpha value is -16.5. The molecule has 30 nitrogen and oxygen atoms in total. The van der Waals surface area contributed by atoms with Crippen molar-refractivity contribution in [2.45, 2.75) is 66.6 Å². The van der Waals surface area contributed by atoms with Gasteiger partial charge >= 0.3 is 71.6 Å². The Kier molecular flexibility index (Phi) is 47.3. The summed E-state index contributed by atoms with van der Waals surface area (Å²) in [5, 5.41) is 0. The quantitative estimate of drug-likeness (QED) is 0.0112. The van der Waals surface area contributed by atoms with E-state index >= 15 is 0 Å². The number of para-hydroxylation sites is 2. The van der Waals surface area contributed by atoms with Crippen LogP contribution in [0.4, 0.5) is 0 Å². The number of carbonyl (C=O) groups excluding carboxylic acids is 14. The minimum atomic E-state index is -0.696. The standard InChI is InChI=1S/C34H30O9.C34H30O6.C22H22O9.C22H26O6/c35-31(27-15-7-9-17-29(27)33(37)42-23-25-11-3-1-4-12-25)40-21-19-39-20-22-41-32(36)28-16-8-10-18-30(28)34(38)43-24-26-13-5-2-6-14-26;35-31(25-15-5-3-6-16-25)27-19-9-11-21-29(27)33(37)39-23-13-1-2-14-24-40-34(38)30-22-12-10-20-28(30)32(36)26-17-7-4-8-18-26;1-15(23)30-19-9-5-3-7-17(19)21(25)28-13-11-27-12-14-29-22(26)18-8-4-6-10-20(18)31-16(2)24;1-17-5-3-7-19(15-17)21(23)27-13-11-25-9-10-26-12-14-28-22(24)20-8-4-6-18(2)16-20/h1-18H,19-24H2;3-12,15-22H,1-2,13-14,23-24H2;3-10H,11-14H2,1-2H3;3-8,15-16H,9-14H2,1-2H3. The van der Waals surface area contributed by atoms with Crippen molar-refractivity contribution >= 4 is 83.2 Å². The zero-order chi connectivity index (χ0) is 101. The van der Waals surface area contributed by atoms with Gasteiger partial charge in [-0.1, -0.05) is 242 Å². The van der Waals surface area contributed by atoms with Gasteiger partial charge in [-0.05, 0) is 136 Å². The van der Waals surface area contributed by atoms with E-state index in [9.17, 15) is 67.1 Å². The molecule has 0 heterocycles. The largest absolute Gasteiger partial charge is 0.462 e. The molecule has 12 aromatic carbocycles. The molecular formula is C112H108O30. The second-order valence-corrected chi connectivity index (χ2v) is 30.6. The van der Waals surface area contributed by atoms with E-state index in [1.807, 2.05) is 111 Å². The number of carbonyl (C=O) groups is 14. The van der Waals surface area contributed by atoms with Crippen LogP contribution in [-0.4, -0.2) is 189 Å². The Bertz CT molecular complexity index is 5770. The van der Waals surface area contributed by atoms with Crippen molar-refractivity contribution in [3.63, 3.8) is 0 Å². The van der Waals surface area contributed by atoms with Crippen LogP contribution in [0.3, 0.4) is 0 Å². The molecule has 0 saturated carbocycles. The zero-order valence-electron chi connectivity index (χ0n) is 78.8. The van der Waals surface area contributed by atoms with Crippen LogP contribution in [0.5, 0.6) is 11.5 Å². The fraction of sp³-hybridized carbons (Fsp3) is 0.232. The molecule has 0 fully saturated rings. The van der Waals surface area contributed by atoms with E-state index in [0.29, 0.717) is 72.6 Å². The van der Waals surface area contributed by atoms with Crippen molar-refractivity contribution in [3.05, 3.63) is 416 Å². The SMILES string of the molecule is CC(=O)Oc1ccccc1C(=O)OCCOCCOC(=O)c1ccccc1OC(C)=O.Cc1cccc(C(=O)OCCOCCOCCOC(=O)c2cccc(C)c2)c1.O=C(OCCCCCCOC(=O)c1ccccc1C(=O)c1ccccc1)c1ccccc1C(=O)c1ccccc1.O=C(OCCOCCOC(=O)c1ccccc1C(=O)OCc1ccccc1)c1ccccc1C(=O)OCc1ccccc1. The number of unbranched alkanes of at least 4 members (excludes halogenated alkanes) is 3. The van der Waals surface area contributed by atoms with Gasteiger partial charge in [0.1, 0.15) is 75.5 Å². The van der Waals surface area contributed by atoms with Gasteiger partial charge in [-0.15, -0.1) is 0 Å². The van der Waals surface area contributed by atoms with Crippen molar-refractivity contribution < 1.29 is 143 Å². The van der Waals surface area contributed by atoms with Crippen molar-refractivity contribution in [2.75, 3.05) is 106 Å². The summed E-state index contributed by atoms with van der Waals surface area (Å²) >= 11 is 0. The first kappa shape index (κ1) is 109. The zero-order valence-corrected chi connectivity index (χ0v) is 78.8. The monoisotopic (exact) mass is 1930 g/mol. The lowest BCUT2D eigenvalue weighted by molar-refractivity contribution is -0.132. The fourth-order valence-corrected chi connectivity index (χ4v) is 13.0. The maximum Gasteiger partial charge on any atom is 0.342 e. The van der Waals surface area contributed by atoms with Crippen LogP contribution in [0.25, 0.3) is 0 Å². The van der Waals surface area contributed by atoms with Gasteiger partial charge in [0.05, 0.1) is 111 Å². The van der Waals surface area contributed by atoms with Crippen molar-refractivity contribution in [2.24, 2.45) is 0 Å². The lowest BCUT2D eigenvalue weighted by Crippen LogP contribution is -2.18. The summed E-state index contributed by atoms with van der Waals surface area (Å²) in [4.78, 5) is 171. The highest BCUT2D eigenvalue weighted by atomic mass is 16.6. The number of hydrogen-bond donors (Lipinski definition) is 0. The Balaban J connectivity index is 0.000000214. The average Bonchev–Trinajstić information content (AvgIpc) is 0.834. The molecule has 12 rings (SSSR count). The summed E-state index contributed by atoms with van der Waals surface area (Å²) in [5.74, 6) is -7.09. The molecule has 30 heteroatoms. The molecule has 0 N–H and O–H groups in total. The maximum absolute atomic E-state index is 12.8. The number of aryl methyl sites for hydroxylation is 2. The van der Waals surface area contributed by atoms with Gasteiger partial charge in [0, 0.05) is 36.1 Å². The van der Waals surface area contributed by atoms with Gasteiger partial charge in [-0.25, -0.2) is 47.9 Å². The van der Waals surface area contributed by atoms with Gasteiger partial charge in [-0.3, -0.25) is 19.2 Å². The Morgan fingerprint density at radius 3 is 0.697 bits per heavy atom. The van der Waals surface area contributed by atoms with E-state index in [2.05, 4.69) is 0 Å². The highest BCUT2D eigenvalue weighted by Crippen LogP contribution is 2.25. The van der Waals surface area contributed by atoms with Crippen LogP contribution in [0.15, 0.2) is 315 Å². The van der Waals surface area contributed by atoms with Gasteiger partial charge in [0.15, 0.2) is 11.6 Å². The van der Waals surface area contributed by atoms with Gasteiger partial charge in [0.2, 0.25) is 0 Å². The number of ether oxygens (including phenoxy) is 16. The summed E-state index contributed by atoms with van der Waals surface area (Å²) in [6, 6.07) is 88.7. The minimum absolute atomic E-state index is 0.0340. The number of hydrogen-bond acceptors (Lipinski definition) is 30. The van der Waals surface area contributed by atoms with Gasteiger partial charge in [-0.2, -0.15) is 0 Å². The predicted molar refractivity (Wildman–Crippen MR) is 519 cm³/mol. The molecular weight excluding hydrogens is 1830 g/mol. The van der Waals surface area contributed by atoms with Crippen LogP contribution >= 0.6 is 0 Å². The van der Waals surface area contributed by atoms with E-state index in [1.165, 1.54) is 62.4 Å². The molecule has 0 aliphatic rings. The first-order valence-corrected chi connectivity index (χ1v) is 45.4. The molecule has 0 unspecified atom stereocenters. The van der Waals surface area contributed by atoms with E-state index in [1.54, 1.807) is 170 Å². The smallest absolute Gasteiger partial charge is 0.342 e. The number of ketones is 2. The molecule has 0 saturated heterocycles. The first-order chi connectivity index (χ1) is 69.0. The molecule has 0 spiro atoms. The fourth-order valence-electron chi connectivity index (χ4n) is 13.0. The van der Waals surface area contributed by atoms with Crippen LogP contribution in [0, 0.1) is 13.8 Å². The molecule has 0 amide bonds. The normalized spacial score (nSPS) is 10.4. The number of esters is 12. The van der Waals surface area contributed by atoms with Gasteiger partial charge < -0.3 is 75.8 Å². The van der Waals surface area contributed by atoms with E-state index < -0.39 is 59.7 Å².